The predicted molar refractivity (Wildman–Crippen MR) is 67.0 cm³/mol. The molecule has 3 heteroatoms. The number of hydrogen-bond donors (Lipinski definition) is 0. The van der Waals surface area contributed by atoms with Crippen LogP contribution in [0.3, 0.4) is 0 Å². The zero-order valence-corrected chi connectivity index (χ0v) is 10.3. The third-order valence-corrected chi connectivity index (χ3v) is 2.49. The van der Waals surface area contributed by atoms with Crippen molar-refractivity contribution in [2.45, 2.75) is 25.7 Å². The van der Waals surface area contributed by atoms with Crippen LogP contribution in [-0.4, -0.2) is 20.3 Å². The molecule has 0 aliphatic heterocycles. The Kier molecular flexibility index (Phi) is 6.85. The summed E-state index contributed by atoms with van der Waals surface area (Å²) in [7, 11) is 1.73. The molecular formula is C14H19NO2. The van der Waals surface area contributed by atoms with Crippen LogP contribution < -0.4 is 4.74 Å². The number of unbranched alkanes of at least 4 members (excludes halogenated alkanes) is 3. The maximum Gasteiger partial charge on any atom is 0.119 e. The Bertz CT molecular complexity index is 340. The van der Waals surface area contributed by atoms with Crippen LogP contribution in [0.5, 0.6) is 5.75 Å². The topological polar surface area (TPSA) is 42.2 Å². The van der Waals surface area contributed by atoms with E-state index in [9.17, 15) is 0 Å². The SMILES string of the molecule is COCCCCCCOc1ccc(C#N)cc1. The molecular weight excluding hydrogens is 214 g/mol. The highest BCUT2D eigenvalue weighted by Gasteiger charge is 1.95. The maximum absolute atomic E-state index is 8.64. The number of nitriles is 1. The molecule has 0 bridgehead atoms. The Morgan fingerprint density at radius 2 is 1.65 bits per heavy atom. The van der Waals surface area contributed by atoms with E-state index in [0.717, 1.165) is 31.8 Å². The second kappa shape index (κ2) is 8.60. The van der Waals surface area contributed by atoms with Crippen LogP contribution >= 0.6 is 0 Å². The van der Waals surface area contributed by atoms with Crippen molar-refractivity contribution in [3.8, 4) is 11.8 Å². The van der Waals surface area contributed by atoms with Crippen LogP contribution in [0, 0.1) is 11.3 Å². The Labute approximate surface area is 103 Å². The fraction of sp³-hybridized carbons (Fsp3) is 0.500. The Hall–Kier alpha value is -1.53. The molecule has 0 amide bonds. The monoisotopic (exact) mass is 233 g/mol. The number of methoxy groups -OCH3 is 1. The van der Waals surface area contributed by atoms with Gasteiger partial charge in [-0.05, 0) is 43.5 Å². The Morgan fingerprint density at radius 3 is 2.24 bits per heavy atom. The first kappa shape index (κ1) is 13.5. The van der Waals surface area contributed by atoms with Crippen molar-refractivity contribution in [1.82, 2.24) is 0 Å². The summed E-state index contributed by atoms with van der Waals surface area (Å²) >= 11 is 0. The Balaban J connectivity index is 2.08. The maximum atomic E-state index is 8.64. The number of hydrogen-bond acceptors (Lipinski definition) is 3. The minimum absolute atomic E-state index is 0.664. The van der Waals surface area contributed by atoms with Gasteiger partial charge in [0.2, 0.25) is 0 Å². The van der Waals surface area contributed by atoms with Crippen LogP contribution in [-0.2, 0) is 4.74 Å². The van der Waals surface area contributed by atoms with Crippen molar-refractivity contribution >= 4 is 0 Å². The van der Waals surface area contributed by atoms with Crippen LogP contribution in [0.4, 0.5) is 0 Å². The van der Waals surface area contributed by atoms with Crippen LogP contribution in [0.2, 0.25) is 0 Å². The molecule has 0 aliphatic rings. The largest absolute Gasteiger partial charge is 0.494 e. The molecule has 0 fully saturated rings. The molecule has 17 heavy (non-hydrogen) atoms. The predicted octanol–water partition coefficient (Wildman–Crippen LogP) is 3.14. The molecule has 0 spiro atoms. The van der Waals surface area contributed by atoms with Crippen molar-refractivity contribution in [3.63, 3.8) is 0 Å². The summed E-state index contributed by atoms with van der Waals surface area (Å²) in [5, 5.41) is 8.64. The lowest BCUT2D eigenvalue weighted by molar-refractivity contribution is 0.191. The summed E-state index contributed by atoms with van der Waals surface area (Å²) in [6, 6.07) is 9.30. The number of benzene rings is 1. The average molecular weight is 233 g/mol. The first-order valence-electron chi connectivity index (χ1n) is 5.98. The van der Waals surface area contributed by atoms with Crippen molar-refractivity contribution in [1.29, 1.82) is 5.26 Å². The molecule has 0 aromatic heterocycles. The van der Waals surface area contributed by atoms with Gasteiger partial charge in [0.25, 0.3) is 0 Å². The van der Waals surface area contributed by atoms with Crippen molar-refractivity contribution in [2.75, 3.05) is 20.3 Å². The van der Waals surface area contributed by atoms with Gasteiger partial charge >= 0.3 is 0 Å². The molecule has 1 rings (SSSR count). The van der Waals surface area contributed by atoms with Gasteiger partial charge in [0.05, 0.1) is 18.2 Å². The van der Waals surface area contributed by atoms with Gasteiger partial charge in [-0.15, -0.1) is 0 Å². The fourth-order valence-corrected chi connectivity index (χ4v) is 1.52. The van der Waals surface area contributed by atoms with E-state index in [-0.39, 0.29) is 0 Å². The highest BCUT2D eigenvalue weighted by molar-refractivity contribution is 5.34. The molecule has 0 atom stereocenters. The van der Waals surface area contributed by atoms with E-state index in [4.69, 9.17) is 14.7 Å². The summed E-state index contributed by atoms with van der Waals surface area (Å²) in [4.78, 5) is 0. The zero-order valence-electron chi connectivity index (χ0n) is 10.3. The zero-order chi connectivity index (χ0) is 12.3. The van der Waals surface area contributed by atoms with Gasteiger partial charge in [-0.3, -0.25) is 0 Å². The summed E-state index contributed by atoms with van der Waals surface area (Å²) in [6.07, 6.45) is 4.53. The van der Waals surface area contributed by atoms with Crippen LogP contribution in [0.15, 0.2) is 24.3 Å². The molecule has 0 saturated carbocycles. The first-order valence-corrected chi connectivity index (χ1v) is 5.98. The van der Waals surface area contributed by atoms with Gasteiger partial charge < -0.3 is 9.47 Å². The summed E-state index contributed by atoms with van der Waals surface area (Å²) in [5.74, 6) is 0.834. The first-order chi connectivity index (χ1) is 8.36. The van der Waals surface area contributed by atoms with Gasteiger partial charge in [-0.2, -0.15) is 5.26 Å². The third-order valence-electron chi connectivity index (χ3n) is 2.49. The van der Waals surface area contributed by atoms with Gasteiger partial charge in [0.15, 0.2) is 0 Å². The van der Waals surface area contributed by atoms with Crippen molar-refractivity contribution in [2.24, 2.45) is 0 Å². The summed E-state index contributed by atoms with van der Waals surface area (Å²) in [6.45, 7) is 1.58. The fourth-order valence-electron chi connectivity index (χ4n) is 1.52. The molecule has 1 aromatic carbocycles. The lowest BCUT2D eigenvalue weighted by Gasteiger charge is -2.05. The summed E-state index contributed by atoms with van der Waals surface area (Å²) in [5.41, 5.74) is 0.664. The normalized spacial score (nSPS) is 9.88. The second-order valence-electron chi connectivity index (χ2n) is 3.89. The molecule has 0 N–H and O–H groups in total. The van der Waals surface area contributed by atoms with Gasteiger partial charge in [-0.1, -0.05) is 6.42 Å². The van der Waals surface area contributed by atoms with Crippen molar-refractivity contribution < 1.29 is 9.47 Å². The smallest absolute Gasteiger partial charge is 0.119 e. The second-order valence-corrected chi connectivity index (χ2v) is 3.89. The van der Waals surface area contributed by atoms with E-state index in [1.165, 1.54) is 12.8 Å². The molecule has 92 valence electrons. The van der Waals surface area contributed by atoms with Gasteiger partial charge in [0.1, 0.15) is 5.75 Å². The van der Waals surface area contributed by atoms with Crippen molar-refractivity contribution in [3.05, 3.63) is 29.8 Å². The van der Waals surface area contributed by atoms with Crippen LogP contribution in [0.1, 0.15) is 31.2 Å². The highest BCUT2D eigenvalue weighted by Crippen LogP contribution is 2.12. The van der Waals surface area contributed by atoms with Crippen LogP contribution in [0.25, 0.3) is 0 Å². The average Bonchev–Trinajstić information content (AvgIpc) is 2.38. The Morgan fingerprint density at radius 1 is 1.00 bits per heavy atom. The molecule has 0 saturated heterocycles. The molecule has 0 aliphatic carbocycles. The van der Waals surface area contributed by atoms with Gasteiger partial charge in [-0.25, -0.2) is 0 Å². The minimum atomic E-state index is 0.664. The summed E-state index contributed by atoms with van der Waals surface area (Å²) < 4.78 is 10.6. The molecule has 0 radical (unpaired) electrons. The standard InChI is InChI=1S/C14H19NO2/c1-16-10-4-2-3-5-11-17-14-8-6-13(12-15)7-9-14/h6-9H,2-5,10-11H2,1H3. The lowest BCUT2D eigenvalue weighted by Crippen LogP contribution is -1.97. The lowest BCUT2D eigenvalue weighted by atomic mass is 10.2. The molecule has 0 heterocycles. The molecule has 1 aromatic rings. The minimum Gasteiger partial charge on any atom is -0.494 e. The van der Waals surface area contributed by atoms with E-state index in [2.05, 4.69) is 6.07 Å². The molecule has 3 nitrogen and oxygen atoms in total. The van der Waals surface area contributed by atoms with E-state index in [1.807, 2.05) is 12.1 Å². The highest BCUT2D eigenvalue weighted by atomic mass is 16.5. The number of ether oxygens (including phenoxy) is 2. The number of rotatable bonds is 8. The van der Waals surface area contributed by atoms with E-state index < -0.39 is 0 Å². The third kappa shape index (κ3) is 5.94. The van der Waals surface area contributed by atoms with E-state index >= 15 is 0 Å². The quantitative estimate of drug-likeness (QED) is 0.648. The molecule has 0 unspecified atom stereocenters. The van der Waals surface area contributed by atoms with Gasteiger partial charge in [0, 0.05) is 13.7 Å². The van der Waals surface area contributed by atoms with E-state index in [1.54, 1.807) is 19.2 Å². The number of nitrogens with zero attached hydrogens (tertiary/aromatic N) is 1. The van der Waals surface area contributed by atoms with E-state index in [0.29, 0.717) is 5.56 Å².